The van der Waals surface area contributed by atoms with Crippen molar-refractivity contribution in [2.75, 3.05) is 12.4 Å². The van der Waals surface area contributed by atoms with Gasteiger partial charge in [0.1, 0.15) is 0 Å². The average molecular weight is 489 g/mol. The fourth-order valence-electron chi connectivity index (χ4n) is 3.77. The van der Waals surface area contributed by atoms with Crippen LogP contribution in [0, 0.1) is 0 Å². The van der Waals surface area contributed by atoms with E-state index in [1.54, 1.807) is 60.5 Å². The van der Waals surface area contributed by atoms with Gasteiger partial charge in [-0.3, -0.25) is 4.79 Å². The third kappa shape index (κ3) is 4.48. The Morgan fingerprint density at radius 2 is 1.78 bits per heavy atom. The van der Waals surface area contributed by atoms with Crippen molar-refractivity contribution in [3.8, 4) is 28.3 Å². The molecule has 0 aliphatic carbocycles. The van der Waals surface area contributed by atoms with Gasteiger partial charge in [-0.2, -0.15) is 18.3 Å². The fraction of sp³-hybridized carbons (Fsp3) is 0.0769. The van der Waals surface area contributed by atoms with Crippen LogP contribution in [0.4, 0.5) is 18.9 Å². The molecular formula is C26H18F3N5O2. The first-order valence-corrected chi connectivity index (χ1v) is 10.8. The Morgan fingerprint density at radius 3 is 2.53 bits per heavy atom. The molecule has 0 atom stereocenters. The van der Waals surface area contributed by atoms with Crippen molar-refractivity contribution in [3.05, 3.63) is 96.4 Å². The maximum absolute atomic E-state index is 13.0. The number of rotatable bonds is 5. The van der Waals surface area contributed by atoms with Gasteiger partial charge in [-0.05, 0) is 42.5 Å². The number of nitrogens with one attached hydrogen (secondary N) is 1. The third-order valence-electron chi connectivity index (χ3n) is 5.53. The van der Waals surface area contributed by atoms with Gasteiger partial charge in [0, 0.05) is 46.4 Å². The molecule has 0 saturated carbocycles. The normalized spacial score (nSPS) is 11.4. The van der Waals surface area contributed by atoms with E-state index in [0.29, 0.717) is 22.9 Å². The van der Waals surface area contributed by atoms with Crippen LogP contribution in [0.25, 0.3) is 28.0 Å². The minimum Gasteiger partial charge on any atom is -0.481 e. The molecule has 7 nitrogen and oxygen atoms in total. The summed E-state index contributed by atoms with van der Waals surface area (Å²) in [5.41, 5.74) is 3.09. The van der Waals surface area contributed by atoms with Gasteiger partial charge < -0.3 is 10.1 Å². The van der Waals surface area contributed by atoms with Gasteiger partial charge in [0.25, 0.3) is 5.91 Å². The monoisotopic (exact) mass is 489 g/mol. The number of fused-ring (bicyclic) bond motifs is 1. The molecule has 0 spiro atoms. The van der Waals surface area contributed by atoms with Crippen LogP contribution in [0.2, 0.25) is 0 Å². The van der Waals surface area contributed by atoms with E-state index in [2.05, 4.69) is 20.4 Å². The maximum atomic E-state index is 13.0. The first-order valence-electron chi connectivity index (χ1n) is 10.8. The lowest BCUT2D eigenvalue weighted by Gasteiger charge is -2.11. The van der Waals surface area contributed by atoms with Gasteiger partial charge in [-0.15, -0.1) is 0 Å². The molecule has 0 aliphatic heterocycles. The molecule has 0 bridgehead atoms. The molecule has 0 unspecified atom stereocenters. The standard InChI is InChI=1S/C26H18F3N5O2/c1-36-23-9-8-18(14-31-23)21-15-32-34-22(10-11-30-24(21)34)16-4-3-7-20(13-16)33-25(35)17-5-2-6-19(12-17)26(27,28)29/h2-15H,1H3,(H,33,35). The summed E-state index contributed by atoms with van der Waals surface area (Å²) in [5.74, 6) is -0.153. The first-order chi connectivity index (χ1) is 17.3. The molecule has 180 valence electrons. The minimum absolute atomic E-state index is 0.0913. The number of nitrogens with zero attached hydrogens (tertiary/aromatic N) is 4. The summed E-state index contributed by atoms with van der Waals surface area (Å²) < 4.78 is 45.8. The molecule has 2 aromatic carbocycles. The quantitative estimate of drug-likeness (QED) is 0.341. The number of hydrogen-bond acceptors (Lipinski definition) is 5. The Labute approximate surface area is 203 Å². The number of alkyl halides is 3. The predicted molar refractivity (Wildman–Crippen MR) is 128 cm³/mol. The lowest BCUT2D eigenvalue weighted by atomic mass is 10.1. The van der Waals surface area contributed by atoms with E-state index in [0.717, 1.165) is 28.8 Å². The second kappa shape index (κ2) is 9.14. The van der Waals surface area contributed by atoms with Crippen LogP contribution in [-0.2, 0) is 6.18 Å². The predicted octanol–water partition coefficient (Wildman–Crippen LogP) is 5.74. The van der Waals surface area contributed by atoms with Gasteiger partial charge in [0.15, 0.2) is 5.65 Å². The lowest BCUT2D eigenvalue weighted by Crippen LogP contribution is -2.14. The highest BCUT2D eigenvalue weighted by Crippen LogP contribution is 2.31. The topological polar surface area (TPSA) is 81.4 Å². The van der Waals surface area contributed by atoms with Gasteiger partial charge in [0.2, 0.25) is 5.88 Å². The zero-order valence-corrected chi connectivity index (χ0v) is 18.8. The molecule has 10 heteroatoms. The molecule has 0 fully saturated rings. The van der Waals surface area contributed by atoms with E-state index < -0.39 is 17.6 Å². The zero-order valence-electron chi connectivity index (χ0n) is 18.8. The zero-order chi connectivity index (χ0) is 25.3. The molecule has 5 aromatic rings. The first kappa shape index (κ1) is 23.0. The number of benzene rings is 2. The maximum Gasteiger partial charge on any atom is 0.416 e. The second-order valence-electron chi connectivity index (χ2n) is 7.83. The number of anilines is 1. The van der Waals surface area contributed by atoms with Crippen LogP contribution in [0.5, 0.6) is 5.88 Å². The van der Waals surface area contributed by atoms with Crippen LogP contribution in [0.1, 0.15) is 15.9 Å². The molecule has 1 amide bonds. The van der Waals surface area contributed by atoms with Crippen molar-refractivity contribution in [1.82, 2.24) is 19.6 Å². The molecule has 0 saturated heterocycles. The van der Waals surface area contributed by atoms with E-state index >= 15 is 0 Å². The number of aromatic nitrogens is 4. The van der Waals surface area contributed by atoms with E-state index in [1.165, 1.54) is 12.1 Å². The third-order valence-corrected chi connectivity index (χ3v) is 5.53. The molecule has 3 aromatic heterocycles. The summed E-state index contributed by atoms with van der Waals surface area (Å²) >= 11 is 0. The molecule has 1 N–H and O–H groups in total. The average Bonchev–Trinajstić information content (AvgIpc) is 3.33. The van der Waals surface area contributed by atoms with Gasteiger partial charge in [-0.1, -0.05) is 18.2 Å². The smallest absolute Gasteiger partial charge is 0.416 e. The molecule has 3 heterocycles. The summed E-state index contributed by atoms with van der Waals surface area (Å²) in [4.78, 5) is 21.3. The van der Waals surface area contributed by atoms with Crippen molar-refractivity contribution in [2.24, 2.45) is 0 Å². The highest BCUT2D eigenvalue weighted by Gasteiger charge is 2.30. The highest BCUT2D eigenvalue weighted by molar-refractivity contribution is 6.04. The number of pyridine rings is 1. The van der Waals surface area contributed by atoms with Crippen LogP contribution >= 0.6 is 0 Å². The van der Waals surface area contributed by atoms with Crippen molar-refractivity contribution >= 4 is 17.2 Å². The van der Waals surface area contributed by atoms with Crippen molar-refractivity contribution < 1.29 is 22.7 Å². The van der Waals surface area contributed by atoms with E-state index in [9.17, 15) is 18.0 Å². The minimum atomic E-state index is -4.53. The number of carbonyl (C=O) groups excluding carboxylic acids is 1. The lowest BCUT2D eigenvalue weighted by molar-refractivity contribution is -0.137. The molecule has 5 rings (SSSR count). The van der Waals surface area contributed by atoms with Crippen molar-refractivity contribution in [1.29, 1.82) is 0 Å². The summed E-state index contributed by atoms with van der Waals surface area (Å²) in [6.07, 6.45) is 0.483. The summed E-state index contributed by atoms with van der Waals surface area (Å²) in [6, 6.07) is 16.6. The fourth-order valence-corrected chi connectivity index (χ4v) is 3.77. The summed E-state index contributed by atoms with van der Waals surface area (Å²) in [7, 11) is 1.54. The Kier molecular flexibility index (Phi) is 5.85. The number of methoxy groups -OCH3 is 1. The number of carbonyl (C=O) groups is 1. The summed E-state index contributed by atoms with van der Waals surface area (Å²) in [5, 5.41) is 7.15. The molecule has 36 heavy (non-hydrogen) atoms. The van der Waals surface area contributed by atoms with Gasteiger partial charge in [0.05, 0.1) is 24.6 Å². The Hall–Kier alpha value is -4.73. The van der Waals surface area contributed by atoms with E-state index in [4.69, 9.17) is 4.74 Å². The van der Waals surface area contributed by atoms with Crippen LogP contribution < -0.4 is 10.1 Å². The molecular weight excluding hydrogens is 471 g/mol. The summed E-state index contributed by atoms with van der Waals surface area (Å²) in [6.45, 7) is 0. The highest BCUT2D eigenvalue weighted by atomic mass is 19.4. The number of halogens is 3. The SMILES string of the molecule is COc1ccc(-c2cnn3c(-c4cccc(NC(=O)c5cccc(C(F)(F)F)c5)c4)ccnc23)cn1. The Bertz CT molecular complexity index is 1560. The number of ether oxygens (including phenoxy) is 1. The van der Waals surface area contributed by atoms with Crippen LogP contribution in [0.15, 0.2) is 85.3 Å². The van der Waals surface area contributed by atoms with Crippen LogP contribution in [0.3, 0.4) is 0 Å². The largest absolute Gasteiger partial charge is 0.481 e. The second-order valence-corrected chi connectivity index (χ2v) is 7.83. The number of amides is 1. The number of hydrogen-bond donors (Lipinski definition) is 1. The molecule has 0 aliphatic rings. The van der Waals surface area contributed by atoms with E-state index in [-0.39, 0.29) is 5.56 Å². The molecule has 0 radical (unpaired) electrons. The Morgan fingerprint density at radius 1 is 0.944 bits per heavy atom. The van der Waals surface area contributed by atoms with Crippen LogP contribution in [-0.4, -0.2) is 32.6 Å². The van der Waals surface area contributed by atoms with Gasteiger partial charge in [-0.25, -0.2) is 14.5 Å². The van der Waals surface area contributed by atoms with Crippen molar-refractivity contribution in [2.45, 2.75) is 6.18 Å². The van der Waals surface area contributed by atoms with Gasteiger partial charge >= 0.3 is 6.18 Å². The Balaban J connectivity index is 1.45. The van der Waals surface area contributed by atoms with Crippen molar-refractivity contribution in [3.63, 3.8) is 0 Å². The van der Waals surface area contributed by atoms with E-state index in [1.807, 2.05) is 12.1 Å².